The monoisotopic (exact) mass is 227 g/mol. The predicted molar refractivity (Wildman–Crippen MR) is 48.6 cm³/mol. The molecule has 0 amide bonds. The molecule has 0 aliphatic heterocycles. The second kappa shape index (κ2) is 4.39. The van der Waals surface area contributed by atoms with Gasteiger partial charge < -0.3 is 14.9 Å². The molecule has 84 valence electrons. The minimum Gasteiger partial charge on any atom is -0.478 e. The number of carbonyl (C=O) groups is 2. The molecule has 0 saturated carbocycles. The summed E-state index contributed by atoms with van der Waals surface area (Å²) in [4.78, 5) is 24.2. The van der Waals surface area contributed by atoms with Crippen molar-refractivity contribution in [3.05, 3.63) is 36.0 Å². The maximum Gasteiger partial charge on any atom is 0.371 e. The van der Waals surface area contributed by atoms with Gasteiger partial charge in [0, 0.05) is 6.20 Å². The summed E-state index contributed by atoms with van der Waals surface area (Å²) in [5, 5.41) is 17.0. The number of hydrogen-bond donors (Lipinski definition) is 2. The first-order valence-electron chi connectivity index (χ1n) is 3.91. The van der Waals surface area contributed by atoms with Gasteiger partial charge in [-0.1, -0.05) is 0 Å². The van der Waals surface area contributed by atoms with Crippen molar-refractivity contribution < 1.29 is 28.9 Å². The maximum absolute atomic E-state index is 13.3. The minimum atomic E-state index is -1.51. The van der Waals surface area contributed by atoms with Crippen molar-refractivity contribution in [2.24, 2.45) is 0 Å². The highest BCUT2D eigenvalue weighted by atomic mass is 19.1. The number of aromatic nitrogens is 1. The third kappa shape index (κ3) is 2.32. The quantitative estimate of drug-likeness (QED) is 0.585. The zero-order valence-corrected chi connectivity index (χ0v) is 7.81. The van der Waals surface area contributed by atoms with E-state index < -0.39 is 35.0 Å². The van der Waals surface area contributed by atoms with Crippen LogP contribution in [0.2, 0.25) is 0 Å². The van der Waals surface area contributed by atoms with Crippen LogP contribution in [0.3, 0.4) is 0 Å². The fourth-order valence-corrected chi connectivity index (χ4v) is 0.821. The molecule has 0 saturated heterocycles. The molecule has 1 aromatic heterocycles. The van der Waals surface area contributed by atoms with Crippen molar-refractivity contribution in [3.63, 3.8) is 0 Å². The van der Waals surface area contributed by atoms with Crippen LogP contribution in [0, 0.1) is 5.82 Å². The number of halogens is 1. The first-order valence-corrected chi connectivity index (χ1v) is 3.91. The molecule has 0 fully saturated rings. The normalized spacial score (nSPS) is 9.56. The van der Waals surface area contributed by atoms with Crippen LogP contribution in [0.25, 0.3) is 0 Å². The molecule has 2 N–H and O–H groups in total. The molecule has 7 heteroatoms. The molecule has 1 rings (SSSR count). The first-order chi connectivity index (χ1) is 7.43. The molecule has 1 aromatic rings. The van der Waals surface area contributed by atoms with Gasteiger partial charge in [-0.2, -0.15) is 0 Å². The molecule has 0 aliphatic rings. The summed E-state index contributed by atoms with van der Waals surface area (Å²) in [6, 6.07) is 0.925. The molecule has 0 aromatic carbocycles. The molecular formula is C9H6FNO5. The Morgan fingerprint density at radius 3 is 2.56 bits per heavy atom. The largest absolute Gasteiger partial charge is 0.478 e. The summed E-state index contributed by atoms with van der Waals surface area (Å²) in [5.74, 6) is -5.76. The number of ether oxygens (including phenoxy) is 1. The van der Waals surface area contributed by atoms with Gasteiger partial charge in [-0.3, -0.25) is 0 Å². The Labute approximate surface area is 88.6 Å². The van der Waals surface area contributed by atoms with Crippen molar-refractivity contribution in [3.8, 4) is 5.88 Å². The van der Waals surface area contributed by atoms with E-state index in [4.69, 9.17) is 10.2 Å². The van der Waals surface area contributed by atoms with Gasteiger partial charge in [0.2, 0.25) is 5.76 Å². The smallest absolute Gasteiger partial charge is 0.371 e. The number of aliphatic carboxylic acids is 1. The lowest BCUT2D eigenvalue weighted by atomic mass is 10.2. The number of aromatic carboxylic acids is 1. The van der Waals surface area contributed by atoms with Crippen LogP contribution in [0.5, 0.6) is 5.88 Å². The van der Waals surface area contributed by atoms with E-state index in [-0.39, 0.29) is 0 Å². The summed E-state index contributed by atoms with van der Waals surface area (Å²) in [6.07, 6.45) is 0.983. The highest BCUT2D eigenvalue weighted by Gasteiger charge is 2.18. The Hall–Kier alpha value is -2.44. The highest BCUT2D eigenvalue weighted by molar-refractivity contribution is 5.88. The fraction of sp³-hybridized carbons (Fsp3) is 0. The molecule has 0 bridgehead atoms. The predicted octanol–water partition coefficient (Wildman–Crippen LogP) is 0.896. The van der Waals surface area contributed by atoms with Crippen molar-refractivity contribution in [2.45, 2.75) is 0 Å². The lowest BCUT2D eigenvalue weighted by Crippen LogP contribution is -2.10. The average Bonchev–Trinajstić information content (AvgIpc) is 2.20. The van der Waals surface area contributed by atoms with E-state index in [1.807, 2.05) is 0 Å². The number of nitrogens with zero attached hydrogens (tertiary/aromatic N) is 1. The summed E-state index contributed by atoms with van der Waals surface area (Å²) in [6.45, 7) is 2.99. The third-order valence-electron chi connectivity index (χ3n) is 1.55. The summed E-state index contributed by atoms with van der Waals surface area (Å²) >= 11 is 0. The summed E-state index contributed by atoms with van der Waals surface area (Å²) < 4.78 is 17.8. The van der Waals surface area contributed by atoms with E-state index in [1.165, 1.54) is 0 Å². The zero-order valence-electron chi connectivity index (χ0n) is 7.81. The van der Waals surface area contributed by atoms with Crippen LogP contribution in [0.4, 0.5) is 4.39 Å². The number of carboxylic acids is 2. The Morgan fingerprint density at radius 1 is 1.44 bits per heavy atom. The van der Waals surface area contributed by atoms with Crippen LogP contribution in [-0.4, -0.2) is 27.1 Å². The van der Waals surface area contributed by atoms with E-state index >= 15 is 0 Å². The van der Waals surface area contributed by atoms with Crippen LogP contribution in [0.15, 0.2) is 24.6 Å². The van der Waals surface area contributed by atoms with Crippen molar-refractivity contribution in [1.29, 1.82) is 0 Å². The zero-order chi connectivity index (χ0) is 12.3. The number of hydrogen-bond acceptors (Lipinski definition) is 4. The second-order valence-electron chi connectivity index (χ2n) is 2.61. The van der Waals surface area contributed by atoms with Gasteiger partial charge in [-0.05, 0) is 12.6 Å². The molecule has 6 nitrogen and oxygen atoms in total. The number of carboxylic acid groups (broad SMARTS) is 2. The van der Waals surface area contributed by atoms with Crippen molar-refractivity contribution >= 4 is 11.9 Å². The summed E-state index contributed by atoms with van der Waals surface area (Å²) in [5.41, 5.74) is -0.664. The van der Waals surface area contributed by atoms with E-state index in [9.17, 15) is 14.0 Å². The molecule has 16 heavy (non-hydrogen) atoms. The van der Waals surface area contributed by atoms with Gasteiger partial charge in [-0.25, -0.2) is 19.0 Å². The van der Waals surface area contributed by atoms with Crippen molar-refractivity contribution in [2.75, 3.05) is 0 Å². The molecule has 0 unspecified atom stereocenters. The Bertz CT molecular complexity index is 471. The van der Waals surface area contributed by atoms with E-state index in [1.54, 1.807) is 0 Å². The highest BCUT2D eigenvalue weighted by Crippen LogP contribution is 2.18. The van der Waals surface area contributed by atoms with Crippen LogP contribution in [-0.2, 0) is 4.79 Å². The van der Waals surface area contributed by atoms with Gasteiger partial charge in [0.1, 0.15) is 5.56 Å². The Kier molecular flexibility index (Phi) is 3.19. The van der Waals surface area contributed by atoms with E-state index in [0.29, 0.717) is 0 Å². The number of rotatable bonds is 4. The van der Waals surface area contributed by atoms with E-state index in [2.05, 4.69) is 16.3 Å². The van der Waals surface area contributed by atoms with Gasteiger partial charge in [0.05, 0.1) is 0 Å². The number of pyridine rings is 1. The maximum atomic E-state index is 13.3. The average molecular weight is 227 g/mol. The van der Waals surface area contributed by atoms with Crippen LogP contribution >= 0.6 is 0 Å². The van der Waals surface area contributed by atoms with E-state index in [0.717, 1.165) is 12.3 Å². The van der Waals surface area contributed by atoms with Crippen LogP contribution < -0.4 is 4.74 Å². The standard InChI is InChI=1S/C9H6FNO5/c1-4(8(12)13)16-7-6(10)5(9(14)15)2-3-11-7/h2-3H,1H2,(H,12,13)(H,14,15). The SMILES string of the molecule is C=C(Oc1nccc(C(=O)O)c1F)C(=O)O. The van der Waals surface area contributed by atoms with Gasteiger partial charge in [0.15, 0.2) is 5.82 Å². The lowest BCUT2D eigenvalue weighted by Gasteiger charge is -2.05. The van der Waals surface area contributed by atoms with Crippen LogP contribution in [0.1, 0.15) is 10.4 Å². The molecule has 0 spiro atoms. The molecule has 1 heterocycles. The molecular weight excluding hydrogens is 221 g/mol. The lowest BCUT2D eigenvalue weighted by molar-refractivity contribution is -0.135. The fourth-order valence-electron chi connectivity index (χ4n) is 0.821. The Morgan fingerprint density at radius 2 is 2.06 bits per heavy atom. The van der Waals surface area contributed by atoms with Crippen molar-refractivity contribution in [1.82, 2.24) is 4.98 Å². The van der Waals surface area contributed by atoms with Gasteiger partial charge >= 0.3 is 11.9 Å². The minimum absolute atomic E-state index is 0.664. The first kappa shape index (κ1) is 11.6. The molecule has 0 radical (unpaired) electrons. The second-order valence-corrected chi connectivity index (χ2v) is 2.61. The van der Waals surface area contributed by atoms with Gasteiger partial charge in [0.25, 0.3) is 5.88 Å². The van der Waals surface area contributed by atoms with Gasteiger partial charge in [-0.15, -0.1) is 0 Å². The topological polar surface area (TPSA) is 96.7 Å². The molecule has 0 aliphatic carbocycles. The molecule has 0 atom stereocenters. The summed E-state index contributed by atoms with van der Waals surface area (Å²) in [7, 11) is 0. The Balaban J connectivity index is 3.07. The third-order valence-corrected chi connectivity index (χ3v) is 1.55.